The van der Waals surface area contributed by atoms with Crippen molar-refractivity contribution in [3.8, 4) is 0 Å². The first-order valence-electron chi connectivity index (χ1n) is 7.41. The van der Waals surface area contributed by atoms with Crippen LogP contribution in [0.25, 0.3) is 0 Å². The standard InChI is InChI=1S/C17H19N3O4S/c1-11-7-8-13(9-16(11)20-25(3,23)24)17(22)19-15-6-4-5-14(10-15)18-12(2)21/h4-10,20H,1-3H3,(H,18,21)(H,19,22). The fourth-order valence-corrected chi connectivity index (χ4v) is 2.77. The van der Waals surface area contributed by atoms with E-state index >= 15 is 0 Å². The van der Waals surface area contributed by atoms with Crippen molar-refractivity contribution in [1.29, 1.82) is 0 Å². The molecule has 0 aliphatic heterocycles. The van der Waals surface area contributed by atoms with E-state index in [4.69, 9.17) is 0 Å². The van der Waals surface area contributed by atoms with Crippen molar-refractivity contribution in [3.05, 3.63) is 53.6 Å². The van der Waals surface area contributed by atoms with Gasteiger partial charge in [-0.1, -0.05) is 12.1 Å². The van der Waals surface area contributed by atoms with Gasteiger partial charge in [-0.25, -0.2) is 8.42 Å². The van der Waals surface area contributed by atoms with Crippen LogP contribution in [0, 0.1) is 6.92 Å². The van der Waals surface area contributed by atoms with Crippen molar-refractivity contribution in [3.63, 3.8) is 0 Å². The van der Waals surface area contributed by atoms with Crippen LogP contribution in [0.4, 0.5) is 17.1 Å². The van der Waals surface area contributed by atoms with E-state index in [0.717, 1.165) is 6.26 Å². The van der Waals surface area contributed by atoms with Crippen LogP contribution < -0.4 is 15.4 Å². The molecule has 2 rings (SSSR count). The number of carbonyl (C=O) groups is 2. The largest absolute Gasteiger partial charge is 0.326 e. The second-order valence-corrected chi connectivity index (χ2v) is 7.37. The zero-order valence-corrected chi connectivity index (χ0v) is 14.9. The fraction of sp³-hybridized carbons (Fsp3) is 0.176. The Morgan fingerprint density at radius 1 is 0.960 bits per heavy atom. The molecule has 0 bridgehead atoms. The predicted octanol–water partition coefficient (Wildman–Crippen LogP) is 2.58. The molecule has 0 radical (unpaired) electrons. The number of carbonyl (C=O) groups excluding carboxylic acids is 2. The van der Waals surface area contributed by atoms with Crippen LogP contribution in [0.15, 0.2) is 42.5 Å². The van der Waals surface area contributed by atoms with Gasteiger partial charge in [0.1, 0.15) is 0 Å². The summed E-state index contributed by atoms with van der Waals surface area (Å²) >= 11 is 0. The Morgan fingerprint density at radius 2 is 1.60 bits per heavy atom. The average molecular weight is 361 g/mol. The van der Waals surface area contributed by atoms with E-state index in [2.05, 4.69) is 15.4 Å². The normalized spacial score (nSPS) is 10.8. The van der Waals surface area contributed by atoms with Gasteiger partial charge in [0, 0.05) is 23.9 Å². The molecule has 0 unspecified atom stereocenters. The first-order chi connectivity index (χ1) is 11.6. The van der Waals surface area contributed by atoms with Gasteiger partial charge in [-0.2, -0.15) is 0 Å². The highest BCUT2D eigenvalue weighted by Crippen LogP contribution is 2.20. The summed E-state index contributed by atoms with van der Waals surface area (Å²) in [6, 6.07) is 11.5. The molecule has 0 aromatic heterocycles. The van der Waals surface area contributed by atoms with Crippen LogP contribution in [0.3, 0.4) is 0 Å². The van der Waals surface area contributed by atoms with Gasteiger partial charge in [0.2, 0.25) is 15.9 Å². The molecule has 7 nitrogen and oxygen atoms in total. The highest BCUT2D eigenvalue weighted by Gasteiger charge is 2.11. The molecule has 0 fully saturated rings. The number of amides is 2. The minimum Gasteiger partial charge on any atom is -0.326 e. The molecule has 3 N–H and O–H groups in total. The topological polar surface area (TPSA) is 104 Å². The smallest absolute Gasteiger partial charge is 0.255 e. The molecule has 25 heavy (non-hydrogen) atoms. The number of sulfonamides is 1. The molecular weight excluding hydrogens is 342 g/mol. The Labute approximate surface area is 146 Å². The lowest BCUT2D eigenvalue weighted by molar-refractivity contribution is -0.114. The second-order valence-electron chi connectivity index (χ2n) is 5.62. The number of aryl methyl sites for hydroxylation is 1. The van der Waals surface area contributed by atoms with E-state index in [9.17, 15) is 18.0 Å². The van der Waals surface area contributed by atoms with Crippen LogP contribution in [-0.2, 0) is 14.8 Å². The molecule has 2 aromatic carbocycles. The lowest BCUT2D eigenvalue weighted by atomic mass is 10.1. The molecule has 132 valence electrons. The molecular formula is C17H19N3O4S. The van der Waals surface area contributed by atoms with Gasteiger partial charge in [0.15, 0.2) is 0 Å². The van der Waals surface area contributed by atoms with Crippen molar-refractivity contribution >= 4 is 38.9 Å². The average Bonchev–Trinajstić information content (AvgIpc) is 2.47. The van der Waals surface area contributed by atoms with Gasteiger partial charge < -0.3 is 10.6 Å². The molecule has 8 heteroatoms. The van der Waals surface area contributed by atoms with Gasteiger partial charge in [-0.15, -0.1) is 0 Å². The zero-order chi connectivity index (χ0) is 18.6. The van der Waals surface area contributed by atoms with Crippen molar-refractivity contribution in [2.45, 2.75) is 13.8 Å². The molecule has 2 amide bonds. The number of hydrogen-bond acceptors (Lipinski definition) is 4. The first kappa shape index (κ1) is 18.5. The molecule has 0 spiro atoms. The first-order valence-corrected chi connectivity index (χ1v) is 9.30. The van der Waals surface area contributed by atoms with Gasteiger partial charge in [0.05, 0.1) is 11.9 Å². The molecule has 0 aliphatic carbocycles. The summed E-state index contributed by atoms with van der Waals surface area (Å²) in [5.41, 5.74) is 2.43. The summed E-state index contributed by atoms with van der Waals surface area (Å²) < 4.78 is 25.2. The summed E-state index contributed by atoms with van der Waals surface area (Å²) in [7, 11) is -3.44. The minimum atomic E-state index is -3.44. The van der Waals surface area contributed by atoms with E-state index in [0.29, 0.717) is 28.2 Å². The van der Waals surface area contributed by atoms with Gasteiger partial charge in [-0.05, 0) is 42.8 Å². The fourth-order valence-electron chi connectivity index (χ4n) is 2.15. The summed E-state index contributed by atoms with van der Waals surface area (Å²) in [5.74, 6) is -0.602. The highest BCUT2D eigenvalue weighted by atomic mass is 32.2. The van der Waals surface area contributed by atoms with Gasteiger partial charge in [-0.3, -0.25) is 14.3 Å². The van der Waals surface area contributed by atoms with E-state index in [1.807, 2.05) is 0 Å². The number of rotatable bonds is 5. The van der Waals surface area contributed by atoms with Gasteiger partial charge >= 0.3 is 0 Å². The highest BCUT2D eigenvalue weighted by molar-refractivity contribution is 7.92. The molecule has 0 saturated heterocycles. The van der Waals surface area contributed by atoms with Crippen LogP contribution in [0.2, 0.25) is 0 Å². The Bertz CT molecular complexity index is 923. The molecule has 0 atom stereocenters. The van der Waals surface area contributed by atoms with Gasteiger partial charge in [0.25, 0.3) is 5.91 Å². The number of anilines is 3. The molecule has 0 aliphatic rings. The maximum atomic E-state index is 12.4. The third-order valence-corrected chi connectivity index (χ3v) is 3.83. The van der Waals surface area contributed by atoms with Crippen molar-refractivity contribution < 1.29 is 18.0 Å². The van der Waals surface area contributed by atoms with Crippen LogP contribution in [0.5, 0.6) is 0 Å². The number of nitrogens with one attached hydrogen (secondary N) is 3. The monoisotopic (exact) mass is 361 g/mol. The van der Waals surface area contributed by atoms with Crippen LogP contribution >= 0.6 is 0 Å². The summed E-state index contributed by atoms with van der Waals surface area (Å²) in [6.07, 6.45) is 1.05. The lowest BCUT2D eigenvalue weighted by Gasteiger charge is -2.11. The molecule has 0 heterocycles. The predicted molar refractivity (Wildman–Crippen MR) is 98.3 cm³/mol. The third-order valence-electron chi connectivity index (χ3n) is 3.24. The van der Waals surface area contributed by atoms with Crippen molar-refractivity contribution in [2.75, 3.05) is 21.6 Å². The quantitative estimate of drug-likeness (QED) is 0.761. The lowest BCUT2D eigenvalue weighted by Crippen LogP contribution is -2.15. The Balaban J connectivity index is 2.21. The molecule has 2 aromatic rings. The minimum absolute atomic E-state index is 0.210. The molecule has 0 saturated carbocycles. The summed E-state index contributed by atoms with van der Waals surface area (Å²) in [6.45, 7) is 3.14. The zero-order valence-electron chi connectivity index (χ0n) is 14.1. The second kappa shape index (κ2) is 7.35. The van der Waals surface area contributed by atoms with Crippen molar-refractivity contribution in [2.24, 2.45) is 0 Å². The van der Waals surface area contributed by atoms with Crippen molar-refractivity contribution in [1.82, 2.24) is 0 Å². The van der Waals surface area contributed by atoms with Crippen LogP contribution in [0.1, 0.15) is 22.8 Å². The Kier molecular flexibility index (Phi) is 5.43. The Morgan fingerprint density at radius 3 is 2.20 bits per heavy atom. The SMILES string of the molecule is CC(=O)Nc1cccc(NC(=O)c2ccc(C)c(NS(C)(=O)=O)c2)c1. The number of benzene rings is 2. The number of hydrogen-bond donors (Lipinski definition) is 3. The summed E-state index contributed by atoms with van der Waals surface area (Å²) in [5, 5.41) is 5.35. The maximum Gasteiger partial charge on any atom is 0.255 e. The third kappa shape index (κ3) is 5.61. The Hall–Kier alpha value is -2.87. The van der Waals surface area contributed by atoms with E-state index in [-0.39, 0.29) is 5.91 Å². The maximum absolute atomic E-state index is 12.4. The summed E-state index contributed by atoms with van der Waals surface area (Å²) in [4.78, 5) is 23.5. The van der Waals surface area contributed by atoms with E-state index in [1.54, 1.807) is 43.3 Å². The van der Waals surface area contributed by atoms with E-state index < -0.39 is 15.9 Å². The van der Waals surface area contributed by atoms with E-state index in [1.165, 1.54) is 13.0 Å². The van der Waals surface area contributed by atoms with Crippen LogP contribution in [-0.4, -0.2) is 26.5 Å².